The van der Waals surface area contributed by atoms with Gasteiger partial charge in [0.2, 0.25) is 0 Å². The van der Waals surface area contributed by atoms with E-state index in [9.17, 15) is 20.4 Å². The molecule has 1 fully saturated rings. The summed E-state index contributed by atoms with van der Waals surface area (Å²) in [5.74, 6) is 0. The van der Waals surface area contributed by atoms with Gasteiger partial charge in [0.05, 0.1) is 6.61 Å². The zero-order chi connectivity index (χ0) is 24.2. The van der Waals surface area contributed by atoms with Crippen molar-refractivity contribution < 1.29 is 29.9 Å². The van der Waals surface area contributed by atoms with Gasteiger partial charge in [-0.3, -0.25) is 0 Å². The Kier molecular flexibility index (Phi) is 19.7. The highest BCUT2D eigenvalue weighted by Crippen LogP contribution is 2.22. The summed E-state index contributed by atoms with van der Waals surface area (Å²) in [5, 5.41) is 38.7. The molecular formula is C27H54O6. The third-order valence-electron chi connectivity index (χ3n) is 6.88. The van der Waals surface area contributed by atoms with Gasteiger partial charge in [-0.15, -0.1) is 0 Å². The molecule has 0 spiro atoms. The van der Waals surface area contributed by atoms with Gasteiger partial charge in [0.1, 0.15) is 24.4 Å². The van der Waals surface area contributed by atoms with Crippen LogP contribution in [0.3, 0.4) is 0 Å². The van der Waals surface area contributed by atoms with Gasteiger partial charge < -0.3 is 29.9 Å². The third kappa shape index (κ3) is 14.7. The summed E-state index contributed by atoms with van der Waals surface area (Å²) in [6.45, 7) is 2.28. The van der Waals surface area contributed by atoms with Gasteiger partial charge >= 0.3 is 0 Å². The van der Waals surface area contributed by atoms with Gasteiger partial charge in [-0.25, -0.2) is 0 Å². The molecule has 5 atom stereocenters. The summed E-state index contributed by atoms with van der Waals surface area (Å²) in [6.07, 6.45) is 19.4. The largest absolute Gasteiger partial charge is 0.394 e. The second-order valence-corrected chi connectivity index (χ2v) is 9.93. The van der Waals surface area contributed by atoms with E-state index in [4.69, 9.17) is 9.47 Å². The average Bonchev–Trinajstić information content (AvgIpc) is 2.82. The molecule has 33 heavy (non-hydrogen) atoms. The molecule has 6 heteroatoms. The maximum atomic E-state index is 9.94. The molecule has 1 aliphatic rings. The Morgan fingerprint density at radius 2 is 0.939 bits per heavy atom. The van der Waals surface area contributed by atoms with Gasteiger partial charge in [-0.2, -0.15) is 0 Å². The fourth-order valence-corrected chi connectivity index (χ4v) is 4.59. The van der Waals surface area contributed by atoms with E-state index in [1.807, 2.05) is 0 Å². The topological polar surface area (TPSA) is 99.4 Å². The van der Waals surface area contributed by atoms with Gasteiger partial charge in [-0.05, 0) is 6.42 Å². The number of ether oxygens (including phenoxy) is 2. The van der Waals surface area contributed by atoms with Gasteiger partial charge in [0.25, 0.3) is 0 Å². The van der Waals surface area contributed by atoms with E-state index in [1.54, 1.807) is 0 Å². The number of hydrogen-bond acceptors (Lipinski definition) is 6. The van der Waals surface area contributed by atoms with Crippen molar-refractivity contribution >= 4 is 0 Å². The summed E-state index contributed by atoms with van der Waals surface area (Å²) < 4.78 is 10.9. The van der Waals surface area contributed by atoms with Crippen molar-refractivity contribution in [3.63, 3.8) is 0 Å². The lowest BCUT2D eigenvalue weighted by Gasteiger charge is -2.39. The van der Waals surface area contributed by atoms with Crippen LogP contribution in [0.15, 0.2) is 0 Å². The molecule has 0 aromatic carbocycles. The lowest BCUT2D eigenvalue weighted by Crippen LogP contribution is -2.59. The first-order chi connectivity index (χ1) is 16.1. The van der Waals surface area contributed by atoms with Crippen LogP contribution in [0.4, 0.5) is 0 Å². The number of hydrogen-bond donors (Lipinski definition) is 4. The van der Waals surface area contributed by atoms with E-state index in [-0.39, 0.29) is 0 Å². The third-order valence-corrected chi connectivity index (χ3v) is 6.88. The molecule has 1 heterocycles. The number of rotatable bonds is 22. The van der Waals surface area contributed by atoms with Crippen LogP contribution in [-0.2, 0) is 9.47 Å². The Morgan fingerprint density at radius 1 is 0.545 bits per heavy atom. The van der Waals surface area contributed by atoms with Crippen molar-refractivity contribution in [3.05, 3.63) is 0 Å². The van der Waals surface area contributed by atoms with E-state index in [0.717, 1.165) is 12.8 Å². The summed E-state index contributed by atoms with van der Waals surface area (Å²) >= 11 is 0. The molecule has 0 aromatic rings. The summed E-state index contributed by atoms with van der Waals surface area (Å²) in [5.41, 5.74) is 0. The molecule has 198 valence electrons. The Balaban J connectivity index is 1.80. The zero-order valence-corrected chi connectivity index (χ0v) is 21.3. The first-order valence-electron chi connectivity index (χ1n) is 14.0. The second kappa shape index (κ2) is 21.1. The second-order valence-electron chi connectivity index (χ2n) is 9.93. The molecule has 0 aliphatic carbocycles. The number of unbranched alkanes of at least 4 members (excludes halogenated alkanes) is 18. The van der Waals surface area contributed by atoms with Crippen molar-refractivity contribution in [1.29, 1.82) is 0 Å². The van der Waals surface area contributed by atoms with E-state index < -0.39 is 37.3 Å². The minimum atomic E-state index is -1.37. The van der Waals surface area contributed by atoms with E-state index >= 15 is 0 Å². The minimum absolute atomic E-state index is 0.427. The molecule has 0 aromatic heterocycles. The van der Waals surface area contributed by atoms with Crippen molar-refractivity contribution in [2.24, 2.45) is 0 Å². The predicted octanol–water partition coefficient (Wildman–Crippen LogP) is 5.23. The van der Waals surface area contributed by atoms with Crippen molar-refractivity contribution in [1.82, 2.24) is 0 Å². The molecule has 1 saturated heterocycles. The number of aliphatic hydroxyl groups excluding tert-OH is 4. The Labute approximate surface area is 203 Å². The zero-order valence-electron chi connectivity index (χ0n) is 21.3. The van der Waals surface area contributed by atoms with Crippen molar-refractivity contribution in [2.75, 3.05) is 13.2 Å². The first-order valence-corrected chi connectivity index (χ1v) is 14.0. The fourth-order valence-electron chi connectivity index (χ4n) is 4.59. The minimum Gasteiger partial charge on any atom is -0.394 e. The normalized spacial score (nSPS) is 25.5. The van der Waals surface area contributed by atoms with E-state index in [0.29, 0.717) is 6.61 Å². The van der Waals surface area contributed by atoms with Crippen molar-refractivity contribution in [2.45, 2.75) is 160 Å². The lowest BCUT2D eigenvalue weighted by atomic mass is 9.99. The smallest absolute Gasteiger partial charge is 0.186 e. The molecular weight excluding hydrogens is 420 g/mol. The van der Waals surface area contributed by atoms with Crippen LogP contribution < -0.4 is 0 Å². The van der Waals surface area contributed by atoms with Crippen LogP contribution in [0.25, 0.3) is 0 Å². The molecule has 4 N–H and O–H groups in total. The highest BCUT2D eigenvalue weighted by atomic mass is 16.7. The lowest BCUT2D eigenvalue weighted by molar-refractivity contribution is -0.301. The van der Waals surface area contributed by atoms with Crippen molar-refractivity contribution in [3.8, 4) is 0 Å². The maximum absolute atomic E-state index is 9.94. The maximum Gasteiger partial charge on any atom is 0.186 e. The average molecular weight is 475 g/mol. The number of aliphatic hydroxyl groups is 4. The highest BCUT2D eigenvalue weighted by Gasteiger charge is 2.43. The molecule has 0 saturated carbocycles. The van der Waals surface area contributed by atoms with Gasteiger partial charge in [0.15, 0.2) is 6.29 Å². The highest BCUT2D eigenvalue weighted by molar-refractivity contribution is 4.88. The quantitative estimate of drug-likeness (QED) is 0.160. The van der Waals surface area contributed by atoms with Crippen LogP contribution >= 0.6 is 0 Å². The standard InChI is InChI=1S/C27H54O6/c1-2-3-4-5-6-7-8-9-10-11-12-13-14-15-16-17-18-19-20-21-32-27-26(31)25(30)24(29)23(22-28)33-27/h23-31H,2-22H2,1H3/t23-,24-,25+,26-,27+/m0/s1. The van der Waals surface area contributed by atoms with E-state index in [2.05, 4.69) is 6.92 Å². The molecule has 0 amide bonds. The van der Waals surface area contributed by atoms with Gasteiger partial charge in [0, 0.05) is 6.61 Å². The van der Waals surface area contributed by atoms with Crippen LogP contribution in [0.2, 0.25) is 0 Å². The fraction of sp³-hybridized carbons (Fsp3) is 1.00. The van der Waals surface area contributed by atoms with Crippen LogP contribution in [0.1, 0.15) is 129 Å². The molecule has 0 unspecified atom stereocenters. The molecule has 1 rings (SSSR count). The van der Waals surface area contributed by atoms with Crippen LogP contribution in [0.5, 0.6) is 0 Å². The SMILES string of the molecule is CCCCCCCCCCCCCCCCCCCCCO[C@@H]1O[C@@H](CO)[C@H](O)[C@@H](O)[C@@H]1O. The molecule has 0 radical (unpaired) electrons. The Bertz CT molecular complexity index is 419. The van der Waals surface area contributed by atoms with Crippen LogP contribution in [0, 0.1) is 0 Å². The van der Waals surface area contributed by atoms with Crippen LogP contribution in [-0.4, -0.2) is 64.3 Å². The molecule has 0 bridgehead atoms. The Morgan fingerprint density at radius 3 is 1.33 bits per heavy atom. The summed E-state index contributed by atoms with van der Waals surface area (Å²) in [4.78, 5) is 0. The predicted molar refractivity (Wildman–Crippen MR) is 133 cm³/mol. The molecule has 1 aliphatic heterocycles. The first kappa shape index (κ1) is 30.8. The summed E-state index contributed by atoms with van der Waals surface area (Å²) in [7, 11) is 0. The Hall–Kier alpha value is -0.240. The van der Waals surface area contributed by atoms with Gasteiger partial charge in [-0.1, -0.05) is 122 Å². The monoisotopic (exact) mass is 474 g/mol. The summed E-state index contributed by atoms with van der Waals surface area (Å²) in [6, 6.07) is 0. The van der Waals surface area contributed by atoms with E-state index in [1.165, 1.54) is 109 Å². The molecule has 6 nitrogen and oxygen atoms in total.